The van der Waals surface area contributed by atoms with Crippen LogP contribution in [-0.2, 0) is 11.2 Å². The first-order valence-electron chi connectivity index (χ1n) is 9.48. The van der Waals surface area contributed by atoms with Crippen molar-refractivity contribution < 1.29 is 14.2 Å². The van der Waals surface area contributed by atoms with E-state index in [1.54, 1.807) is 6.08 Å². The van der Waals surface area contributed by atoms with E-state index in [9.17, 15) is 0 Å². The lowest BCUT2D eigenvalue weighted by atomic mass is 10.0. The molecule has 0 aliphatic heterocycles. The van der Waals surface area contributed by atoms with Gasteiger partial charge in [0.2, 0.25) is 0 Å². The highest BCUT2D eigenvalue weighted by Gasteiger charge is 2.15. The summed E-state index contributed by atoms with van der Waals surface area (Å²) in [5.41, 5.74) is 2.29. The molecule has 0 radical (unpaired) electrons. The minimum atomic E-state index is -0.0590. The third-order valence-corrected chi connectivity index (χ3v) is 9.45. The molecule has 0 spiro atoms. The predicted molar refractivity (Wildman–Crippen MR) is 158 cm³/mol. The fourth-order valence-electron chi connectivity index (χ4n) is 2.68. The highest BCUT2D eigenvalue weighted by Crippen LogP contribution is 2.38. The normalized spacial score (nSPS) is 13.0. The number of alkyl halides is 3. The Labute approximate surface area is 248 Å². The maximum absolute atomic E-state index is 6.01. The second-order valence-electron chi connectivity index (χ2n) is 6.73. The van der Waals surface area contributed by atoms with Crippen LogP contribution in [0.5, 0.6) is 11.5 Å². The molecule has 3 nitrogen and oxygen atoms in total. The van der Waals surface area contributed by atoms with Gasteiger partial charge in [0.25, 0.3) is 0 Å². The molecule has 176 valence electrons. The topological polar surface area (TPSA) is 27.7 Å². The quantitative estimate of drug-likeness (QED) is 0.148. The minimum absolute atomic E-state index is 0.0590. The van der Waals surface area contributed by atoms with Crippen LogP contribution in [-0.4, -0.2) is 41.4 Å². The van der Waals surface area contributed by atoms with Crippen molar-refractivity contribution in [1.82, 2.24) is 0 Å². The second kappa shape index (κ2) is 15.3. The van der Waals surface area contributed by atoms with Gasteiger partial charge in [-0.15, -0.1) is 6.58 Å². The lowest BCUT2D eigenvalue weighted by Gasteiger charge is -2.18. The maximum Gasteiger partial charge on any atom is 0.147 e. The van der Waals surface area contributed by atoms with Crippen molar-refractivity contribution in [3.63, 3.8) is 0 Å². The van der Waals surface area contributed by atoms with Crippen LogP contribution in [0.2, 0.25) is 0 Å². The Bertz CT molecular complexity index is 861. The monoisotopic (exact) mass is 886 g/mol. The molecule has 0 saturated heterocycles. The number of ether oxygens (including phenoxy) is 3. The Morgan fingerprint density at radius 2 is 1.25 bits per heavy atom. The lowest BCUT2D eigenvalue weighted by molar-refractivity contribution is 0.0529. The van der Waals surface area contributed by atoms with Crippen LogP contribution in [0.4, 0.5) is 0 Å². The average molecular weight is 893 g/mol. The molecule has 0 bridgehead atoms. The van der Waals surface area contributed by atoms with Gasteiger partial charge in [-0.05, 0) is 106 Å². The Morgan fingerprint density at radius 3 is 1.66 bits per heavy atom. The molecule has 2 aromatic carbocycles. The summed E-state index contributed by atoms with van der Waals surface area (Å²) in [5.74, 6) is 1.55. The van der Waals surface area contributed by atoms with Crippen molar-refractivity contribution in [1.29, 1.82) is 0 Å². The van der Waals surface area contributed by atoms with E-state index in [4.69, 9.17) is 14.2 Å². The summed E-state index contributed by atoms with van der Waals surface area (Å²) in [4.78, 5) is 0.245. The van der Waals surface area contributed by atoms with Crippen molar-refractivity contribution in [3.8, 4) is 11.5 Å². The van der Waals surface area contributed by atoms with E-state index in [-0.39, 0.29) is 10.9 Å². The Kier molecular flexibility index (Phi) is 14.0. The summed E-state index contributed by atoms with van der Waals surface area (Å²) in [5, 5.41) is 1.51. The molecule has 0 amide bonds. The summed E-state index contributed by atoms with van der Waals surface area (Å²) in [7, 11) is 0. The van der Waals surface area contributed by atoms with Crippen molar-refractivity contribution in [3.05, 3.63) is 65.9 Å². The molecule has 0 heterocycles. The van der Waals surface area contributed by atoms with Crippen LogP contribution in [0, 0.1) is 0 Å². The van der Waals surface area contributed by atoms with Crippen molar-refractivity contribution in [2.45, 2.75) is 17.4 Å². The molecular weight excluding hydrogens is 872 g/mol. The van der Waals surface area contributed by atoms with Gasteiger partial charge in [0, 0.05) is 10.7 Å². The van der Waals surface area contributed by atoms with E-state index in [2.05, 4.69) is 142 Å². The van der Waals surface area contributed by atoms with Gasteiger partial charge in [-0.3, -0.25) is 0 Å². The molecule has 0 aliphatic rings. The predicted octanol–water partition coefficient (Wildman–Crippen LogP) is 9.21. The highest BCUT2D eigenvalue weighted by molar-refractivity contribution is 9.12. The van der Waals surface area contributed by atoms with E-state index in [1.165, 1.54) is 0 Å². The van der Waals surface area contributed by atoms with Crippen LogP contribution in [0.25, 0.3) is 0 Å². The number of benzene rings is 2. The van der Waals surface area contributed by atoms with E-state index in [1.807, 2.05) is 0 Å². The van der Waals surface area contributed by atoms with E-state index in [0.29, 0.717) is 25.2 Å². The van der Waals surface area contributed by atoms with Crippen molar-refractivity contribution in [2.75, 3.05) is 30.5 Å². The van der Waals surface area contributed by atoms with Gasteiger partial charge < -0.3 is 14.2 Å². The zero-order valence-electron chi connectivity index (χ0n) is 16.9. The van der Waals surface area contributed by atoms with Gasteiger partial charge >= 0.3 is 0 Å². The molecule has 2 unspecified atom stereocenters. The standard InChI is InChI=1S/C22H21Br7O3/c1-2-3-30-16(10-24)12-32-22-19(28)7-14(8-20(22)29)4-13-5-17(26)21(18(27)6-13)31-11-15(25)9-23/h2,5-8,15-16H,1,3-4,9-12H2. The van der Waals surface area contributed by atoms with Gasteiger partial charge in [-0.2, -0.15) is 0 Å². The minimum Gasteiger partial charge on any atom is -0.490 e. The van der Waals surface area contributed by atoms with E-state index < -0.39 is 0 Å². The number of halogens is 7. The number of hydrogen-bond acceptors (Lipinski definition) is 3. The molecule has 32 heavy (non-hydrogen) atoms. The van der Waals surface area contributed by atoms with Gasteiger partial charge in [-0.25, -0.2) is 0 Å². The van der Waals surface area contributed by atoms with Gasteiger partial charge in [-0.1, -0.05) is 53.9 Å². The van der Waals surface area contributed by atoms with Crippen LogP contribution in [0.1, 0.15) is 11.1 Å². The molecule has 2 aromatic rings. The lowest BCUT2D eigenvalue weighted by Crippen LogP contribution is -2.23. The molecule has 0 aliphatic carbocycles. The van der Waals surface area contributed by atoms with Crippen LogP contribution >= 0.6 is 112 Å². The summed E-state index contributed by atoms with van der Waals surface area (Å²) in [6, 6.07) is 8.32. The van der Waals surface area contributed by atoms with Crippen LogP contribution in [0.15, 0.2) is 54.8 Å². The zero-order chi connectivity index (χ0) is 23.7. The molecular formula is C22H21Br7O3. The fourth-order valence-corrected chi connectivity index (χ4v) is 6.39. The van der Waals surface area contributed by atoms with Crippen molar-refractivity contribution in [2.24, 2.45) is 0 Å². The molecule has 0 N–H and O–H groups in total. The first-order chi connectivity index (χ1) is 15.3. The summed E-state index contributed by atoms with van der Waals surface area (Å²) in [6.45, 7) is 5.17. The van der Waals surface area contributed by atoms with Gasteiger partial charge in [0.05, 0.1) is 29.3 Å². The summed E-state index contributed by atoms with van der Waals surface area (Å²) >= 11 is 25.0. The number of rotatable bonds is 13. The summed E-state index contributed by atoms with van der Waals surface area (Å²) < 4.78 is 21.2. The third kappa shape index (κ3) is 9.28. The molecule has 2 rings (SSSR count). The second-order valence-corrected chi connectivity index (χ2v) is 12.7. The SMILES string of the molecule is C=CCOC(CBr)COc1c(Br)cc(Cc2cc(Br)c(OCC(Br)CBr)c(Br)c2)cc1Br. The highest BCUT2D eigenvalue weighted by atomic mass is 79.9. The van der Waals surface area contributed by atoms with Crippen molar-refractivity contribution >= 4 is 112 Å². The Morgan fingerprint density at radius 1 is 0.781 bits per heavy atom. The average Bonchev–Trinajstić information content (AvgIpc) is 2.74. The first kappa shape index (κ1) is 29.3. The first-order valence-corrected chi connectivity index (χ1v) is 15.8. The van der Waals surface area contributed by atoms with Crippen LogP contribution in [0.3, 0.4) is 0 Å². The molecule has 2 atom stereocenters. The zero-order valence-corrected chi connectivity index (χ0v) is 28.0. The van der Waals surface area contributed by atoms with Crippen LogP contribution < -0.4 is 9.47 Å². The molecule has 0 saturated carbocycles. The molecule has 0 aromatic heterocycles. The maximum atomic E-state index is 6.01. The smallest absolute Gasteiger partial charge is 0.147 e. The third-order valence-electron chi connectivity index (χ3n) is 4.14. The van der Waals surface area contributed by atoms with E-state index >= 15 is 0 Å². The Hall–Kier alpha value is 1.10. The van der Waals surface area contributed by atoms with Gasteiger partial charge in [0.15, 0.2) is 0 Å². The number of hydrogen-bond donors (Lipinski definition) is 0. The summed E-state index contributed by atoms with van der Waals surface area (Å²) in [6.07, 6.45) is 2.42. The van der Waals surface area contributed by atoms with Gasteiger partial charge in [0.1, 0.15) is 30.8 Å². The largest absolute Gasteiger partial charge is 0.490 e. The van der Waals surface area contributed by atoms with E-state index in [0.717, 1.165) is 52.3 Å². The molecule has 10 heteroatoms. The molecule has 0 fully saturated rings. The fraction of sp³-hybridized carbons (Fsp3) is 0.364. The Balaban J connectivity index is 2.11.